The van der Waals surface area contributed by atoms with Gasteiger partial charge in [0, 0.05) is 6.21 Å². The summed E-state index contributed by atoms with van der Waals surface area (Å²) in [4.78, 5) is 4.49. The number of rotatable bonds is 7. The number of nitrogens with zero attached hydrogens (tertiary/aromatic N) is 1. The monoisotopic (exact) mass is 439 g/mol. The predicted molar refractivity (Wildman–Crippen MR) is 102 cm³/mol. The Kier molecular flexibility index (Phi) is 7.12. The molecule has 3 nitrogen and oxygen atoms in total. The zero-order valence-corrected chi connectivity index (χ0v) is 16.4. The summed E-state index contributed by atoms with van der Waals surface area (Å²) in [5.74, 6) is 1.68. The normalized spacial score (nSPS) is 11.0. The SMILES string of the molecule is CCCOc1c(Br)cc(C=Nc2ccc(OCC)cc2)cc1Br. The van der Waals surface area contributed by atoms with Crippen LogP contribution in [0, 0.1) is 0 Å². The van der Waals surface area contributed by atoms with Gasteiger partial charge in [0.05, 0.1) is 27.8 Å². The number of hydrogen-bond donors (Lipinski definition) is 0. The topological polar surface area (TPSA) is 30.8 Å². The van der Waals surface area contributed by atoms with Crippen molar-refractivity contribution in [3.63, 3.8) is 0 Å². The van der Waals surface area contributed by atoms with Gasteiger partial charge in [0.15, 0.2) is 0 Å². The highest BCUT2D eigenvalue weighted by molar-refractivity contribution is 9.11. The Balaban J connectivity index is 2.13. The Labute approximate surface area is 154 Å². The standard InChI is InChI=1S/C18H19Br2NO2/c1-3-9-23-18-16(19)10-13(11-17(18)20)12-21-14-5-7-15(8-6-14)22-4-2/h5-8,10-12H,3-4,9H2,1-2H3. The predicted octanol–water partition coefficient (Wildman–Crippen LogP) is 6.15. The van der Waals surface area contributed by atoms with Crippen LogP contribution in [-0.4, -0.2) is 19.4 Å². The fraction of sp³-hybridized carbons (Fsp3) is 0.278. The molecule has 0 atom stereocenters. The minimum Gasteiger partial charge on any atom is -0.494 e. The summed E-state index contributed by atoms with van der Waals surface area (Å²) in [7, 11) is 0. The van der Waals surface area contributed by atoms with Crippen LogP contribution < -0.4 is 9.47 Å². The molecule has 0 aliphatic carbocycles. The van der Waals surface area contributed by atoms with E-state index in [1.54, 1.807) is 0 Å². The zero-order valence-electron chi connectivity index (χ0n) is 13.2. The lowest BCUT2D eigenvalue weighted by molar-refractivity contribution is 0.313. The van der Waals surface area contributed by atoms with Crippen LogP contribution in [0.1, 0.15) is 25.8 Å². The number of aliphatic imine (C=N–C) groups is 1. The number of ether oxygens (including phenoxy) is 2. The van der Waals surface area contributed by atoms with Gasteiger partial charge in [-0.1, -0.05) is 6.92 Å². The van der Waals surface area contributed by atoms with Crippen LogP contribution in [0.5, 0.6) is 11.5 Å². The van der Waals surface area contributed by atoms with Crippen LogP contribution in [-0.2, 0) is 0 Å². The molecule has 0 bridgehead atoms. The molecule has 0 unspecified atom stereocenters. The maximum absolute atomic E-state index is 5.72. The third-order valence-electron chi connectivity index (χ3n) is 2.98. The molecule has 0 aromatic heterocycles. The maximum atomic E-state index is 5.72. The van der Waals surface area contributed by atoms with Gasteiger partial charge < -0.3 is 9.47 Å². The number of hydrogen-bond acceptors (Lipinski definition) is 3. The zero-order chi connectivity index (χ0) is 16.7. The third kappa shape index (κ3) is 5.36. The van der Waals surface area contributed by atoms with Gasteiger partial charge >= 0.3 is 0 Å². The van der Waals surface area contributed by atoms with Gasteiger partial charge in [-0.3, -0.25) is 4.99 Å². The molecule has 0 heterocycles. The van der Waals surface area contributed by atoms with Crippen LogP contribution in [0.15, 0.2) is 50.3 Å². The summed E-state index contributed by atoms with van der Waals surface area (Å²) in [5, 5.41) is 0. The molecule has 5 heteroatoms. The highest BCUT2D eigenvalue weighted by atomic mass is 79.9. The van der Waals surface area contributed by atoms with Crippen molar-refractivity contribution in [2.75, 3.05) is 13.2 Å². The van der Waals surface area contributed by atoms with Crippen LogP contribution in [0.2, 0.25) is 0 Å². The Morgan fingerprint density at radius 2 is 1.65 bits per heavy atom. The van der Waals surface area contributed by atoms with Gasteiger partial charge in [-0.25, -0.2) is 0 Å². The molecule has 2 rings (SSSR count). The molecule has 2 aromatic carbocycles. The molecular weight excluding hydrogens is 422 g/mol. The molecule has 0 fully saturated rings. The molecule has 0 amide bonds. The van der Waals surface area contributed by atoms with E-state index in [1.807, 2.05) is 49.5 Å². The summed E-state index contributed by atoms with van der Waals surface area (Å²) in [5.41, 5.74) is 1.87. The summed E-state index contributed by atoms with van der Waals surface area (Å²) in [6.45, 7) is 5.41. The van der Waals surface area contributed by atoms with Gasteiger partial charge in [0.1, 0.15) is 11.5 Å². The second-order valence-corrected chi connectivity index (χ2v) is 6.56. The van der Waals surface area contributed by atoms with E-state index in [9.17, 15) is 0 Å². The van der Waals surface area contributed by atoms with Crippen LogP contribution >= 0.6 is 31.9 Å². The Morgan fingerprint density at radius 3 is 2.22 bits per heavy atom. The number of halogens is 2. The molecule has 122 valence electrons. The summed E-state index contributed by atoms with van der Waals surface area (Å²) >= 11 is 7.10. The lowest BCUT2D eigenvalue weighted by Crippen LogP contribution is -1.97. The van der Waals surface area contributed by atoms with E-state index in [-0.39, 0.29) is 0 Å². The van der Waals surface area contributed by atoms with E-state index >= 15 is 0 Å². The van der Waals surface area contributed by atoms with Gasteiger partial charge in [-0.15, -0.1) is 0 Å². The minimum absolute atomic E-state index is 0.664. The quantitative estimate of drug-likeness (QED) is 0.483. The molecule has 0 radical (unpaired) electrons. The second kappa shape index (κ2) is 9.08. The maximum Gasteiger partial charge on any atom is 0.147 e. The molecule has 0 aliphatic heterocycles. The highest BCUT2D eigenvalue weighted by Crippen LogP contribution is 2.34. The van der Waals surface area contributed by atoms with Crippen molar-refractivity contribution in [1.82, 2.24) is 0 Å². The van der Waals surface area contributed by atoms with Gasteiger partial charge in [-0.05, 0) is 87.2 Å². The van der Waals surface area contributed by atoms with Crippen LogP contribution in [0.25, 0.3) is 0 Å². The van der Waals surface area contributed by atoms with Crippen molar-refractivity contribution in [2.45, 2.75) is 20.3 Å². The molecule has 0 spiro atoms. The fourth-order valence-electron chi connectivity index (χ4n) is 1.94. The van der Waals surface area contributed by atoms with Crippen LogP contribution in [0.3, 0.4) is 0 Å². The van der Waals surface area contributed by atoms with Gasteiger partial charge in [0.2, 0.25) is 0 Å². The third-order valence-corrected chi connectivity index (χ3v) is 4.16. The van der Waals surface area contributed by atoms with E-state index < -0.39 is 0 Å². The molecule has 0 N–H and O–H groups in total. The lowest BCUT2D eigenvalue weighted by Gasteiger charge is -2.10. The molecule has 2 aromatic rings. The Morgan fingerprint density at radius 1 is 1.00 bits per heavy atom. The van der Waals surface area contributed by atoms with E-state index in [4.69, 9.17) is 9.47 Å². The van der Waals surface area contributed by atoms with Crippen LogP contribution in [0.4, 0.5) is 5.69 Å². The first-order valence-corrected chi connectivity index (χ1v) is 9.11. The Hall–Kier alpha value is -1.33. The first-order chi connectivity index (χ1) is 11.1. The molecule has 0 saturated heterocycles. The molecule has 0 saturated carbocycles. The fourth-order valence-corrected chi connectivity index (χ4v) is 3.39. The van der Waals surface area contributed by atoms with Crippen molar-refractivity contribution in [1.29, 1.82) is 0 Å². The first-order valence-electron chi connectivity index (χ1n) is 7.52. The van der Waals surface area contributed by atoms with E-state index in [0.717, 1.165) is 38.1 Å². The van der Waals surface area contributed by atoms with E-state index in [1.165, 1.54) is 0 Å². The average molecular weight is 441 g/mol. The largest absolute Gasteiger partial charge is 0.494 e. The Bertz CT molecular complexity index is 646. The summed E-state index contributed by atoms with van der Waals surface area (Å²) in [6, 6.07) is 11.7. The van der Waals surface area contributed by atoms with Crippen molar-refractivity contribution in [3.05, 3.63) is 50.9 Å². The highest BCUT2D eigenvalue weighted by Gasteiger charge is 2.08. The molecule has 23 heavy (non-hydrogen) atoms. The van der Waals surface area contributed by atoms with E-state index in [0.29, 0.717) is 13.2 Å². The summed E-state index contributed by atoms with van der Waals surface area (Å²) in [6.07, 6.45) is 2.80. The van der Waals surface area contributed by atoms with Crippen molar-refractivity contribution in [2.24, 2.45) is 4.99 Å². The first kappa shape index (κ1) is 18.0. The smallest absolute Gasteiger partial charge is 0.147 e. The molecule has 0 aliphatic rings. The average Bonchev–Trinajstić information content (AvgIpc) is 2.54. The lowest BCUT2D eigenvalue weighted by atomic mass is 10.2. The van der Waals surface area contributed by atoms with Crippen molar-refractivity contribution < 1.29 is 9.47 Å². The van der Waals surface area contributed by atoms with E-state index in [2.05, 4.69) is 43.8 Å². The summed E-state index contributed by atoms with van der Waals surface area (Å²) < 4.78 is 13.0. The van der Waals surface area contributed by atoms with Gasteiger partial charge in [-0.2, -0.15) is 0 Å². The van der Waals surface area contributed by atoms with Gasteiger partial charge in [0.25, 0.3) is 0 Å². The molecular formula is C18H19Br2NO2. The van der Waals surface area contributed by atoms with Crippen molar-refractivity contribution in [3.8, 4) is 11.5 Å². The second-order valence-electron chi connectivity index (χ2n) is 4.85. The van der Waals surface area contributed by atoms with Crippen molar-refractivity contribution >= 4 is 43.8 Å². The number of benzene rings is 2. The minimum atomic E-state index is 0.664.